The number of aromatic carboxylic acids is 1. The monoisotopic (exact) mass is 1260 g/mol. The Morgan fingerprint density at radius 3 is 1.12 bits per heavy atom. The van der Waals surface area contributed by atoms with Gasteiger partial charge < -0.3 is 25.8 Å². The Morgan fingerprint density at radius 2 is 0.753 bits per heavy atom. The number of carbonyl (C=O) groups is 5. The highest BCUT2D eigenvalue weighted by Crippen LogP contribution is 2.29. The lowest BCUT2D eigenvalue weighted by Gasteiger charge is -2.18. The van der Waals surface area contributed by atoms with Gasteiger partial charge in [-0.05, 0) is 174 Å². The predicted octanol–water partition coefficient (Wildman–Crippen LogP) is 12.8. The summed E-state index contributed by atoms with van der Waals surface area (Å²) < 4.78 is 85.0. The summed E-state index contributed by atoms with van der Waals surface area (Å²) >= 11 is 0. The second-order valence-electron chi connectivity index (χ2n) is 21.2. The van der Waals surface area contributed by atoms with E-state index in [1.54, 1.807) is 91.9 Å². The van der Waals surface area contributed by atoms with E-state index in [1.165, 1.54) is 36.4 Å². The number of carboxylic acid groups (broad SMARTS) is 1. The van der Waals surface area contributed by atoms with Gasteiger partial charge in [0.1, 0.15) is 6.61 Å². The molecule has 3 amide bonds. The van der Waals surface area contributed by atoms with Crippen LogP contribution >= 0.6 is 0 Å². The van der Waals surface area contributed by atoms with Gasteiger partial charge in [-0.25, -0.2) is 26.4 Å². The van der Waals surface area contributed by atoms with Crippen molar-refractivity contribution < 1.29 is 63.3 Å². The summed E-state index contributed by atoms with van der Waals surface area (Å²) in [6.07, 6.45) is 1.05. The molecule has 0 bridgehead atoms. The Labute approximate surface area is 521 Å². The SMILES string of the molecule is CCOC(=O)c1ccc(NC(=O)CC(CCS(=O)(=O)c2ccc(C)cc2)c2ccc(C)cc2)cc1.Cc1ccc(C(CCS(=O)(=O)c2ccc(C)cc2)CC(=O)Nc2ccccc2)cc1.Cc1ccc(S(=O)(=O)OCC(=O)Nc2ccc(C(=O)O)cc2)cc1. The third-order valence-corrected chi connectivity index (χ3v) is 18.8. The average Bonchev–Trinajstić information content (AvgIpc) is 3.70. The Morgan fingerprint density at radius 1 is 0.416 bits per heavy atom. The minimum Gasteiger partial charge on any atom is -0.478 e. The molecule has 0 spiro atoms. The standard InChI is InChI=1S/C28H31NO5S.C25H27NO3S.C16H15NO6S/c1-4-34-28(31)23-11-13-25(14-12-23)29-27(30)19-24(22-9-5-20(2)6-10-22)17-18-35(32,33)26-15-7-21(3)8-16-26;1-19-8-12-21(13-9-19)22(18-25(27)26-23-6-4-3-5-7-23)16-17-30(28,29)24-14-10-20(2)11-15-24;1-11-2-8-14(9-3-11)24(21,22)23-10-15(18)17-13-6-4-12(5-7-13)16(19)20/h5-16,24H,4,17-19H2,1-3H3,(H,29,30);3-15,22H,16-18H2,1-2H3,(H,26,27);2-9H,10H2,1H3,(H,17,18)(H,19,20). The van der Waals surface area contributed by atoms with E-state index in [4.69, 9.17) is 14.0 Å². The third-order valence-electron chi connectivity index (χ3n) is 14.0. The highest BCUT2D eigenvalue weighted by Gasteiger charge is 2.24. The van der Waals surface area contributed by atoms with Crippen LogP contribution in [0.3, 0.4) is 0 Å². The molecule has 20 heteroatoms. The molecule has 0 saturated heterocycles. The van der Waals surface area contributed by atoms with E-state index in [0.717, 1.165) is 44.6 Å². The number of carboxylic acids is 1. The molecule has 0 aliphatic rings. The number of carbonyl (C=O) groups excluding carboxylic acids is 4. The number of amides is 3. The summed E-state index contributed by atoms with van der Waals surface area (Å²) in [5.74, 6) is -3.05. The Hall–Kier alpha value is -9.08. The summed E-state index contributed by atoms with van der Waals surface area (Å²) in [6.45, 7) is 11.0. The van der Waals surface area contributed by atoms with Crippen molar-refractivity contribution in [3.05, 3.63) is 250 Å². The van der Waals surface area contributed by atoms with Crippen LogP contribution in [-0.2, 0) is 53.1 Å². The average molecular weight is 1260 g/mol. The second kappa shape index (κ2) is 32.8. The molecule has 89 heavy (non-hydrogen) atoms. The Balaban J connectivity index is 0.000000216. The zero-order valence-corrected chi connectivity index (χ0v) is 52.8. The number of para-hydroxylation sites is 1. The van der Waals surface area contributed by atoms with Crippen LogP contribution in [0.1, 0.15) is 104 Å². The maximum absolute atomic E-state index is 12.9. The zero-order chi connectivity index (χ0) is 64.7. The topological polar surface area (TPSA) is 263 Å². The lowest BCUT2D eigenvalue weighted by Crippen LogP contribution is -2.21. The number of ether oxygens (including phenoxy) is 1. The number of esters is 1. The first-order valence-corrected chi connectivity index (χ1v) is 33.2. The first-order valence-electron chi connectivity index (χ1n) is 28.5. The van der Waals surface area contributed by atoms with E-state index >= 15 is 0 Å². The minimum absolute atomic E-state index is 0.00673. The van der Waals surface area contributed by atoms with Gasteiger partial charge in [0.15, 0.2) is 19.7 Å². The highest BCUT2D eigenvalue weighted by molar-refractivity contribution is 7.91. The molecule has 0 radical (unpaired) electrons. The van der Waals surface area contributed by atoms with Gasteiger partial charge in [-0.3, -0.25) is 18.6 Å². The molecule has 0 heterocycles. The molecule has 0 aliphatic heterocycles. The molecule has 8 aromatic carbocycles. The van der Waals surface area contributed by atoms with Crippen LogP contribution in [0.2, 0.25) is 0 Å². The molecule has 2 atom stereocenters. The van der Waals surface area contributed by atoms with E-state index in [-0.39, 0.29) is 70.0 Å². The number of hydrogen-bond acceptors (Lipinski definition) is 13. The highest BCUT2D eigenvalue weighted by atomic mass is 32.2. The largest absolute Gasteiger partial charge is 0.478 e. The van der Waals surface area contributed by atoms with Crippen LogP contribution in [0, 0.1) is 34.6 Å². The van der Waals surface area contributed by atoms with E-state index in [1.807, 2.05) is 113 Å². The van der Waals surface area contributed by atoms with Gasteiger partial charge in [0.2, 0.25) is 11.8 Å². The van der Waals surface area contributed by atoms with Crippen LogP contribution in [-0.4, -0.2) is 84.7 Å². The van der Waals surface area contributed by atoms with Crippen molar-refractivity contribution in [1.82, 2.24) is 0 Å². The quantitative estimate of drug-likeness (QED) is 0.0324. The van der Waals surface area contributed by atoms with Gasteiger partial charge >= 0.3 is 11.9 Å². The van der Waals surface area contributed by atoms with Gasteiger partial charge in [0, 0.05) is 29.9 Å². The van der Waals surface area contributed by atoms with Gasteiger partial charge in [0.05, 0.1) is 43.9 Å². The molecule has 0 aromatic heterocycles. The summed E-state index contributed by atoms with van der Waals surface area (Å²) in [4.78, 5) is 60.4. The first-order chi connectivity index (χ1) is 42.3. The van der Waals surface area contributed by atoms with Crippen molar-refractivity contribution in [3.63, 3.8) is 0 Å². The molecule has 466 valence electrons. The molecule has 0 fully saturated rings. The Kier molecular flexibility index (Phi) is 25.4. The second-order valence-corrected chi connectivity index (χ2v) is 27.0. The van der Waals surface area contributed by atoms with E-state index < -0.39 is 54.2 Å². The lowest BCUT2D eigenvalue weighted by atomic mass is 9.92. The number of aryl methyl sites for hydroxylation is 5. The van der Waals surface area contributed by atoms with Gasteiger partial charge in [-0.15, -0.1) is 0 Å². The van der Waals surface area contributed by atoms with Crippen LogP contribution in [0.25, 0.3) is 0 Å². The van der Waals surface area contributed by atoms with Gasteiger partial charge in [0.25, 0.3) is 16.0 Å². The molecule has 0 saturated carbocycles. The molecule has 4 N–H and O–H groups in total. The molecular formula is C69H73N3O14S3. The number of hydrogen-bond donors (Lipinski definition) is 4. The van der Waals surface area contributed by atoms with Crippen LogP contribution in [0.4, 0.5) is 17.1 Å². The van der Waals surface area contributed by atoms with E-state index in [2.05, 4.69) is 16.0 Å². The fraction of sp³-hybridized carbons (Fsp3) is 0.232. The lowest BCUT2D eigenvalue weighted by molar-refractivity contribution is -0.118. The molecule has 17 nitrogen and oxygen atoms in total. The van der Waals surface area contributed by atoms with Crippen LogP contribution < -0.4 is 16.0 Å². The fourth-order valence-corrected chi connectivity index (χ4v) is 12.5. The molecular weight excluding hydrogens is 1190 g/mol. The molecule has 2 unspecified atom stereocenters. The summed E-state index contributed by atoms with van der Waals surface area (Å²) in [7, 11) is -10.9. The number of rotatable bonds is 24. The first kappa shape index (κ1) is 69.0. The van der Waals surface area contributed by atoms with E-state index in [9.17, 15) is 49.2 Å². The minimum atomic E-state index is -4.02. The normalized spacial score (nSPS) is 11.9. The van der Waals surface area contributed by atoms with E-state index in [0.29, 0.717) is 34.7 Å². The van der Waals surface area contributed by atoms with Crippen molar-refractivity contribution in [2.24, 2.45) is 0 Å². The number of nitrogens with one attached hydrogen (secondary N) is 3. The van der Waals surface area contributed by atoms with Crippen molar-refractivity contribution in [2.75, 3.05) is 40.7 Å². The predicted molar refractivity (Wildman–Crippen MR) is 345 cm³/mol. The Bertz CT molecular complexity index is 4000. The molecule has 8 rings (SSSR count). The number of benzene rings is 8. The van der Waals surface area contributed by atoms with Crippen molar-refractivity contribution in [2.45, 2.75) is 93.7 Å². The molecule has 0 aliphatic carbocycles. The zero-order valence-electron chi connectivity index (χ0n) is 50.3. The molecule has 8 aromatic rings. The number of anilines is 3. The smallest absolute Gasteiger partial charge is 0.338 e. The van der Waals surface area contributed by atoms with Gasteiger partial charge in [-0.2, -0.15) is 8.42 Å². The summed E-state index contributed by atoms with van der Waals surface area (Å²) in [5, 5.41) is 16.9. The maximum Gasteiger partial charge on any atom is 0.338 e. The van der Waals surface area contributed by atoms with Crippen molar-refractivity contribution in [3.8, 4) is 0 Å². The van der Waals surface area contributed by atoms with Crippen LogP contribution in [0.5, 0.6) is 0 Å². The third kappa shape index (κ3) is 22.5. The van der Waals surface area contributed by atoms with Crippen LogP contribution in [0.15, 0.2) is 215 Å². The van der Waals surface area contributed by atoms with Crippen molar-refractivity contribution in [1.29, 1.82) is 0 Å². The van der Waals surface area contributed by atoms with Gasteiger partial charge in [-0.1, -0.05) is 131 Å². The van der Waals surface area contributed by atoms with Crippen molar-refractivity contribution >= 4 is 76.5 Å². The maximum atomic E-state index is 12.9. The fourth-order valence-electron chi connectivity index (χ4n) is 8.87. The summed E-state index contributed by atoms with van der Waals surface area (Å²) in [5.41, 5.74) is 9.12. The number of sulfone groups is 2. The summed E-state index contributed by atoms with van der Waals surface area (Å²) in [6, 6.07) is 56.7.